The molecule has 3 aromatic carbocycles. The summed E-state index contributed by atoms with van der Waals surface area (Å²) >= 11 is 0. The molecule has 0 N–H and O–H groups in total. The summed E-state index contributed by atoms with van der Waals surface area (Å²) < 4.78 is 22.6. The van der Waals surface area contributed by atoms with Gasteiger partial charge >= 0.3 is 0 Å². The van der Waals surface area contributed by atoms with Crippen LogP contribution in [0.15, 0.2) is 65.7 Å². The number of methoxy groups -OCH3 is 3. The van der Waals surface area contributed by atoms with E-state index in [0.717, 1.165) is 58.4 Å². The fraction of sp³-hybridized carbons (Fsp3) is 0.321. The summed E-state index contributed by atoms with van der Waals surface area (Å²) in [5.74, 6) is 4.26. The lowest BCUT2D eigenvalue weighted by atomic mass is 9.75. The second kappa shape index (κ2) is 9.18. The predicted octanol–water partition coefficient (Wildman–Crippen LogP) is 6.38. The zero-order valence-corrected chi connectivity index (χ0v) is 19.3. The van der Waals surface area contributed by atoms with E-state index in [9.17, 15) is 0 Å². The van der Waals surface area contributed by atoms with Crippen LogP contribution < -0.4 is 18.9 Å². The average Bonchev–Trinajstić information content (AvgIpc) is 2.88. The van der Waals surface area contributed by atoms with E-state index in [1.54, 1.807) is 21.3 Å². The number of nitrogens with zero attached hydrogens (tertiary/aromatic N) is 1. The SMILES string of the molecule is COc1ccc(Oc2cccc(C3=N[C@@H]4CCCC[C@@H]4c4cc(OC)c(OC)cc43)c2)cc1. The third-order valence-corrected chi connectivity index (χ3v) is 6.64. The first-order valence-corrected chi connectivity index (χ1v) is 11.5. The average molecular weight is 444 g/mol. The van der Waals surface area contributed by atoms with Gasteiger partial charge in [0.25, 0.3) is 0 Å². The van der Waals surface area contributed by atoms with Gasteiger partial charge in [-0.2, -0.15) is 0 Å². The Bertz CT molecular complexity index is 1170. The van der Waals surface area contributed by atoms with E-state index < -0.39 is 0 Å². The third-order valence-electron chi connectivity index (χ3n) is 6.64. The monoisotopic (exact) mass is 443 g/mol. The highest BCUT2D eigenvalue weighted by Crippen LogP contribution is 2.45. The topological polar surface area (TPSA) is 49.3 Å². The van der Waals surface area contributed by atoms with Crippen LogP contribution in [0.1, 0.15) is 48.3 Å². The maximum Gasteiger partial charge on any atom is 0.161 e. The zero-order chi connectivity index (χ0) is 22.8. The Morgan fingerprint density at radius 2 is 1.45 bits per heavy atom. The number of hydrogen-bond acceptors (Lipinski definition) is 5. The molecule has 1 aliphatic heterocycles. The Kier molecular flexibility index (Phi) is 5.95. The number of benzene rings is 3. The van der Waals surface area contributed by atoms with E-state index in [1.807, 2.05) is 36.4 Å². The molecule has 0 unspecified atom stereocenters. The molecule has 0 saturated heterocycles. The number of ether oxygens (including phenoxy) is 4. The van der Waals surface area contributed by atoms with Gasteiger partial charge in [-0.3, -0.25) is 4.99 Å². The third kappa shape index (κ3) is 4.15. The molecule has 5 nitrogen and oxygen atoms in total. The van der Waals surface area contributed by atoms with Gasteiger partial charge in [-0.1, -0.05) is 25.0 Å². The molecular weight excluding hydrogens is 414 g/mol. The van der Waals surface area contributed by atoms with Gasteiger partial charge in [-0.25, -0.2) is 0 Å². The van der Waals surface area contributed by atoms with Crippen LogP contribution in [0.4, 0.5) is 0 Å². The van der Waals surface area contributed by atoms with Crippen molar-refractivity contribution >= 4 is 5.71 Å². The van der Waals surface area contributed by atoms with Gasteiger partial charge in [0.05, 0.1) is 33.1 Å². The summed E-state index contributed by atoms with van der Waals surface area (Å²) in [4.78, 5) is 5.27. The van der Waals surface area contributed by atoms with Crippen LogP contribution in [0.25, 0.3) is 0 Å². The second-order valence-electron chi connectivity index (χ2n) is 8.54. The van der Waals surface area contributed by atoms with Gasteiger partial charge in [0.1, 0.15) is 17.2 Å². The second-order valence-corrected chi connectivity index (χ2v) is 8.54. The fourth-order valence-electron chi connectivity index (χ4n) is 4.99. The summed E-state index contributed by atoms with van der Waals surface area (Å²) in [5.41, 5.74) is 4.47. The first-order valence-electron chi connectivity index (χ1n) is 11.5. The van der Waals surface area contributed by atoms with Crippen LogP contribution in [-0.2, 0) is 0 Å². The molecule has 5 heteroatoms. The molecule has 0 aromatic heterocycles. The van der Waals surface area contributed by atoms with Crippen molar-refractivity contribution in [3.05, 3.63) is 77.4 Å². The van der Waals surface area contributed by atoms with E-state index in [1.165, 1.54) is 18.4 Å². The van der Waals surface area contributed by atoms with Crippen molar-refractivity contribution in [2.45, 2.75) is 37.6 Å². The Morgan fingerprint density at radius 1 is 0.727 bits per heavy atom. The zero-order valence-electron chi connectivity index (χ0n) is 19.3. The Labute approximate surface area is 195 Å². The summed E-state index contributed by atoms with van der Waals surface area (Å²) in [6, 6.07) is 20.3. The van der Waals surface area contributed by atoms with Crippen molar-refractivity contribution < 1.29 is 18.9 Å². The first kappa shape index (κ1) is 21.4. The number of rotatable bonds is 6. The van der Waals surface area contributed by atoms with Crippen LogP contribution in [0.3, 0.4) is 0 Å². The molecule has 0 amide bonds. The molecule has 1 saturated carbocycles. The van der Waals surface area contributed by atoms with Crippen LogP contribution in [0.5, 0.6) is 28.7 Å². The predicted molar refractivity (Wildman–Crippen MR) is 130 cm³/mol. The van der Waals surface area contributed by atoms with Crippen molar-refractivity contribution in [1.29, 1.82) is 0 Å². The normalized spacial score (nSPS) is 19.1. The first-order chi connectivity index (χ1) is 16.2. The Balaban J connectivity index is 1.54. The summed E-state index contributed by atoms with van der Waals surface area (Å²) in [7, 11) is 5.03. The minimum atomic E-state index is 0.297. The van der Waals surface area contributed by atoms with Gasteiger partial charge in [0, 0.05) is 17.0 Å². The molecule has 2 aliphatic rings. The molecule has 2 atom stereocenters. The highest BCUT2D eigenvalue weighted by molar-refractivity contribution is 6.15. The molecule has 170 valence electrons. The largest absolute Gasteiger partial charge is 0.497 e. The molecule has 1 aliphatic carbocycles. The van der Waals surface area contributed by atoms with Gasteiger partial charge < -0.3 is 18.9 Å². The minimum absolute atomic E-state index is 0.297. The van der Waals surface area contributed by atoms with Gasteiger partial charge in [-0.05, 0) is 66.9 Å². The molecule has 3 aromatic rings. The molecule has 1 fully saturated rings. The van der Waals surface area contributed by atoms with Crippen LogP contribution in [0.2, 0.25) is 0 Å². The number of fused-ring (bicyclic) bond motifs is 3. The maximum atomic E-state index is 6.13. The molecule has 0 bridgehead atoms. The molecular formula is C28H29NO4. The Morgan fingerprint density at radius 3 is 2.21 bits per heavy atom. The lowest BCUT2D eigenvalue weighted by Crippen LogP contribution is -2.29. The van der Waals surface area contributed by atoms with Crippen molar-refractivity contribution in [2.24, 2.45) is 4.99 Å². The summed E-state index contributed by atoms with van der Waals surface area (Å²) in [5, 5.41) is 0. The number of aliphatic imine (C=N–C) groups is 1. The highest BCUT2D eigenvalue weighted by Gasteiger charge is 2.34. The molecule has 0 radical (unpaired) electrons. The minimum Gasteiger partial charge on any atom is -0.497 e. The van der Waals surface area contributed by atoms with Crippen molar-refractivity contribution in [3.63, 3.8) is 0 Å². The smallest absolute Gasteiger partial charge is 0.161 e. The quantitative estimate of drug-likeness (QED) is 0.443. The van der Waals surface area contributed by atoms with Gasteiger partial charge in [0.15, 0.2) is 11.5 Å². The van der Waals surface area contributed by atoms with E-state index in [4.69, 9.17) is 23.9 Å². The lowest BCUT2D eigenvalue weighted by Gasteiger charge is -2.35. The summed E-state index contributed by atoms with van der Waals surface area (Å²) in [6.07, 6.45) is 4.74. The van der Waals surface area contributed by atoms with Gasteiger partial charge in [0.2, 0.25) is 0 Å². The van der Waals surface area contributed by atoms with Crippen LogP contribution in [0, 0.1) is 0 Å². The van der Waals surface area contributed by atoms with Crippen molar-refractivity contribution in [2.75, 3.05) is 21.3 Å². The lowest BCUT2D eigenvalue weighted by molar-refractivity contribution is 0.349. The Hall–Kier alpha value is -3.47. The fourth-order valence-corrected chi connectivity index (χ4v) is 4.99. The van der Waals surface area contributed by atoms with E-state index in [0.29, 0.717) is 12.0 Å². The molecule has 1 heterocycles. The number of hydrogen-bond donors (Lipinski definition) is 0. The van der Waals surface area contributed by atoms with Crippen LogP contribution >= 0.6 is 0 Å². The highest BCUT2D eigenvalue weighted by atomic mass is 16.5. The standard InChI is InChI=1S/C28H29NO4/c1-30-19-11-13-20(14-12-19)33-21-8-6-7-18(15-21)28-24-17-27(32-3)26(31-2)16-23(24)22-9-4-5-10-25(22)29-28/h6-8,11-17,22,25H,4-5,9-10H2,1-3H3/t22-,25-/m1/s1. The molecule has 33 heavy (non-hydrogen) atoms. The van der Waals surface area contributed by atoms with Crippen molar-refractivity contribution in [1.82, 2.24) is 0 Å². The van der Waals surface area contributed by atoms with Gasteiger partial charge in [-0.15, -0.1) is 0 Å². The maximum absolute atomic E-state index is 6.13. The molecule has 0 spiro atoms. The van der Waals surface area contributed by atoms with E-state index in [2.05, 4.69) is 24.3 Å². The van der Waals surface area contributed by atoms with E-state index >= 15 is 0 Å². The van der Waals surface area contributed by atoms with E-state index in [-0.39, 0.29) is 0 Å². The van der Waals surface area contributed by atoms with Crippen molar-refractivity contribution in [3.8, 4) is 28.7 Å². The van der Waals surface area contributed by atoms with Crippen LogP contribution in [-0.4, -0.2) is 33.1 Å². The summed E-state index contributed by atoms with van der Waals surface area (Å²) in [6.45, 7) is 0. The molecule has 5 rings (SSSR count).